The minimum atomic E-state index is -0.395. The average Bonchev–Trinajstić information content (AvgIpc) is 2.92. The standard InChI is InChI=1S/C31H36N2O2/c34-30-26(17-20-33-18-15-25(16-19-33)24-7-3-1-4-8-24)12-13-28-21-23(11-14-29(28)30)22-32-31(35)27-9-5-2-6-10-27/h1-11,14,21,25-26,30,34H,12-13,15-20,22H2,(H,32,35)/t26-,30-/m1/s1. The highest BCUT2D eigenvalue weighted by atomic mass is 16.3. The second kappa shape index (κ2) is 11.2. The lowest BCUT2D eigenvalue weighted by Crippen LogP contribution is -2.35. The third kappa shape index (κ3) is 5.83. The Morgan fingerprint density at radius 1 is 0.914 bits per heavy atom. The van der Waals surface area contributed by atoms with Gasteiger partial charge < -0.3 is 15.3 Å². The number of benzene rings is 3. The maximum absolute atomic E-state index is 12.3. The molecule has 2 aliphatic rings. The minimum absolute atomic E-state index is 0.0591. The van der Waals surface area contributed by atoms with Gasteiger partial charge in [0.05, 0.1) is 6.10 Å². The van der Waals surface area contributed by atoms with Gasteiger partial charge in [-0.15, -0.1) is 0 Å². The first-order valence-electron chi connectivity index (χ1n) is 13.1. The van der Waals surface area contributed by atoms with E-state index in [0.29, 0.717) is 23.9 Å². The number of likely N-dealkylation sites (tertiary alicyclic amines) is 1. The summed E-state index contributed by atoms with van der Waals surface area (Å²) in [4.78, 5) is 14.9. The highest BCUT2D eigenvalue weighted by Gasteiger charge is 2.29. The number of carbonyl (C=O) groups excluding carboxylic acids is 1. The second-order valence-corrected chi connectivity index (χ2v) is 10.1. The number of nitrogens with one attached hydrogen (secondary N) is 1. The van der Waals surface area contributed by atoms with Crippen molar-refractivity contribution in [2.75, 3.05) is 19.6 Å². The van der Waals surface area contributed by atoms with Crippen LogP contribution < -0.4 is 5.32 Å². The number of carbonyl (C=O) groups is 1. The van der Waals surface area contributed by atoms with Gasteiger partial charge in [-0.3, -0.25) is 4.79 Å². The first-order valence-corrected chi connectivity index (χ1v) is 13.1. The van der Waals surface area contributed by atoms with Crippen molar-refractivity contribution >= 4 is 5.91 Å². The lowest BCUT2D eigenvalue weighted by atomic mass is 9.79. The zero-order valence-electron chi connectivity index (χ0n) is 20.4. The van der Waals surface area contributed by atoms with Crippen molar-refractivity contribution < 1.29 is 9.90 Å². The molecule has 0 bridgehead atoms. The maximum Gasteiger partial charge on any atom is 0.251 e. The number of amides is 1. The molecule has 2 N–H and O–H groups in total. The van der Waals surface area contributed by atoms with E-state index in [2.05, 4.69) is 52.7 Å². The molecule has 3 aromatic carbocycles. The van der Waals surface area contributed by atoms with Crippen LogP contribution in [0, 0.1) is 5.92 Å². The van der Waals surface area contributed by atoms with Gasteiger partial charge in [0, 0.05) is 12.1 Å². The van der Waals surface area contributed by atoms with Crippen LogP contribution in [0.1, 0.15) is 70.3 Å². The van der Waals surface area contributed by atoms with Gasteiger partial charge in [-0.05, 0) is 98.0 Å². The van der Waals surface area contributed by atoms with E-state index in [1.165, 1.54) is 24.0 Å². The van der Waals surface area contributed by atoms with Gasteiger partial charge in [-0.25, -0.2) is 0 Å². The number of aliphatic hydroxyl groups excluding tert-OH is 1. The maximum atomic E-state index is 12.3. The first kappa shape index (κ1) is 23.8. The Bertz CT molecular complexity index is 1110. The Morgan fingerprint density at radius 3 is 2.37 bits per heavy atom. The van der Waals surface area contributed by atoms with E-state index < -0.39 is 6.10 Å². The number of hydrogen-bond donors (Lipinski definition) is 2. The molecule has 1 amide bonds. The van der Waals surface area contributed by atoms with E-state index >= 15 is 0 Å². The fourth-order valence-corrected chi connectivity index (χ4v) is 5.77. The molecule has 1 fully saturated rings. The third-order valence-corrected chi connectivity index (χ3v) is 7.92. The van der Waals surface area contributed by atoms with Crippen LogP contribution in [0.4, 0.5) is 0 Å². The molecule has 4 nitrogen and oxygen atoms in total. The Kier molecular flexibility index (Phi) is 7.60. The zero-order valence-corrected chi connectivity index (χ0v) is 20.4. The average molecular weight is 469 g/mol. The van der Waals surface area contributed by atoms with Gasteiger partial charge >= 0.3 is 0 Å². The molecule has 1 saturated heterocycles. The van der Waals surface area contributed by atoms with Crippen molar-refractivity contribution in [1.29, 1.82) is 0 Å². The van der Waals surface area contributed by atoms with Crippen LogP contribution in [0.2, 0.25) is 0 Å². The number of rotatable bonds is 7. The van der Waals surface area contributed by atoms with E-state index in [-0.39, 0.29) is 5.91 Å². The zero-order chi connectivity index (χ0) is 24.0. The number of fused-ring (bicyclic) bond motifs is 1. The SMILES string of the molecule is O=C(NCc1ccc2c(c1)CC[C@H](CCN1CCC(c3ccccc3)CC1)[C@H]2O)c1ccccc1. The van der Waals surface area contributed by atoms with Crippen molar-refractivity contribution in [3.8, 4) is 0 Å². The van der Waals surface area contributed by atoms with Crippen molar-refractivity contribution in [1.82, 2.24) is 10.2 Å². The summed E-state index contributed by atoms with van der Waals surface area (Å²) in [6, 6.07) is 26.5. The molecule has 35 heavy (non-hydrogen) atoms. The van der Waals surface area contributed by atoms with Crippen LogP contribution in [0.15, 0.2) is 78.9 Å². The first-order chi connectivity index (χ1) is 17.2. The molecule has 1 heterocycles. The summed E-state index contributed by atoms with van der Waals surface area (Å²) in [5, 5.41) is 14.1. The van der Waals surface area contributed by atoms with Gasteiger partial charge in [-0.2, -0.15) is 0 Å². The van der Waals surface area contributed by atoms with Crippen molar-refractivity contribution in [2.45, 2.75) is 50.7 Å². The number of aliphatic hydroxyl groups is 1. The summed E-state index contributed by atoms with van der Waals surface area (Å²) in [6.07, 6.45) is 5.12. The van der Waals surface area contributed by atoms with Crippen molar-refractivity contribution in [3.05, 3.63) is 107 Å². The third-order valence-electron chi connectivity index (χ3n) is 7.92. The van der Waals surface area contributed by atoms with E-state index in [0.717, 1.165) is 50.0 Å². The Balaban J connectivity index is 1.10. The highest BCUT2D eigenvalue weighted by molar-refractivity contribution is 5.94. The van der Waals surface area contributed by atoms with Crippen molar-refractivity contribution in [3.63, 3.8) is 0 Å². The number of hydrogen-bond acceptors (Lipinski definition) is 3. The van der Waals surface area contributed by atoms with Gasteiger partial charge in [0.1, 0.15) is 0 Å². The largest absolute Gasteiger partial charge is 0.388 e. The Morgan fingerprint density at radius 2 is 1.63 bits per heavy atom. The molecule has 1 aliphatic heterocycles. The smallest absolute Gasteiger partial charge is 0.251 e. The van der Waals surface area contributed by atoms with Crippen LogP contribution in [0.25, 0.3) is 0 Å². The predicted molar refractivity (Wildman–Crippen MR) is 140 cm³/mol. The molecule has 5 rings (SSSR count). The number of nitrogens with zero attached hydrogens (tertiary/aromatic N) is 1. The monoisotopic (exact) mass is 468 g/mol. The Hall–Kier alpha value is -2.95. The molecule has 3 aromatic rings. The molecule has 182 valence electrons. The fourth-order valence-electron chi connectivity index (χ4n) is 5.77. The number of piperidine rings is 1. The summed E-state index contributed by atoms with van der Waals surface area (Å²) in [5.41, 5.74) is 5.53. The lowest BCUT2D eigenvalue weighted by molar-refractivity contribution is 0.0772. The molecular formula is C31H36N2O2. The summed E-state index contributed by atoms with van der Waals surface area (Å²) in [5.74, 6) is 0.945. The molecule has 0 saturated carbocycles. The van der Waals surface area contributed by atoms with Gasteiger partial charge in [-0.1, -0.05) is 66.7 Å². The van der Waals surface area contributed by atoms with E-state index in [1.54, 1.807) is 0 Å². The summed E-state index contributed by atoms with van der Waals surface area (Å²) >= 11 is 0. The van der Waals surface area contributed by atoms with E-state index in [1.807, 2.05) is 36.4 Å². The topological polar surface area (TPSA) is 52.6 Å². The molecular weight excluding hydrogens is 432 g/mol. The molecule has 4 heteroatoms. The van der Waals surface area contributed by atoms with Crippen LogP contribution in [0.3, 0.4) is 0 Å². The molecule has 0 unspecified atom stereocenters. The van der Waals surface area contributed by atoms with Crippen LogP contribution >= 0.6 is 0 Å². The molecule has 1 aliphatic carbocycles. The fraction of sp³-hybridized carbons (Fsp3) is 0.387. The van der Waals surface area contributed by atoms with E-state index in [4.69, 9.17) is 0 Å². The van der Waals surface area contributed by atoms with E-state index in [9.17, 15) is 9.90 Å². The van der Waals surface area contributed by atoms with Crippen molar-refractivity contribution in [2.24, 2.45) is 5.92 Å². The van der Waals surface area contributed by atoms with Gasteiger partial charge in [0.2, 0.25) is 0 Å². The lowest BCUT2D eigenvalue weighted by Gasteiger charge is -2.35. The van der Waals surface area contributed by atoms with Crippen LogP contribution in [0.5, 0.6) is 0 Å². The second-order valence-electron chi connectivity index (χ2n) is 10.1. The molecule has 0 radical (unpaired) electrons. The summed E-state index contributed by atoms with van der Waals surface area (Å²) < 4.78 is 0. The Labute approximate surface area is 209 Å². The minimum Gasteiger partial charge on any atom is -0.388 e. The quantitative estimate of drug-likeness (QED) is 0.483. The molecule has 0 aromatic heterocycles. The summed E-state index contributed by atoms with van der Waals surface area (Å²) in [7, 11) is 0. The van der Waals surface area contributed by atoms with Crippen LogP contribution in [-0.2, 0) is 13.0 Å². The normalized spacial score (nSPS) is 20.8. The highest BCUT2D eigenvalue weighted by Crippen LogP contribution is 2.37. The van der Waals surface area contributed by atoms with Gasteiger partial charge in [0.15, 0.2) is 0 Å². The van der Waals surface area contributed by atoms with Crippen LogP contribution in [-0.4, -0.2) is 35.5 Å². The predicted octanol–water partition coefficient (Wildman–Crippen LogP) is 5.48. The van der Waals surface area contributed by atoms with Gasteiger partial charge in [0.25, 0.3) is 5.91 Å². The summed E-state index contributed by atoms with van der Waals surface area (Å²) in [6.45, 7) is 3.87. The number of aryl methyl sites for hydroxylation is 1. The molecule has 0 spiro atoms. The molecule has 2 atom stereocenters.